The molecule has 0 fully saturated rings. The molecule has 1 aromatic carbocycles. The van der Waals surface area contributed by atoms with Crippen LogP contribution in [0.15, 0.2) is 34.6 Å². The molecule has 4 nitrogen and oxygen atoms in total. The smallest absolute Gasteiger partial charge is 0.195 e. The fraction of sp³-hybridized carbons (Fsp3) is 0.333. The summed E-state index contributed by atoms with van der Waals surface area (Å²) in [7, 11) is 1.92. The maximum Gasteiger partial charge on any atom is 0.195 e. The van der Waals surface area contributed by atoms with Gasteiger partial charge in [0.1, 0.15) is 6.33 Å². The van der Waals surface area contributed by atoms with Crippen LogP contribution in [-0.4, -0.2) is 21.3 Å². The second kappa shape index (κ2) is 6.22. The molecule has 1 aromatic heterocycles. The van der Waals surface area contributed by atoms with E-state index < -0.39 is 0 Å². The lowest BCUT2D eigenvalue weighted by molar-refractivity contribution is 0.717. The van der Waals surface area contributed by atoms with Gasteiger partial charge in [-0.05, 0) is 29.9 Å². The van der Waals surface area contributed by atoms with Crippen LogP contribution >= 0.6 is 23.4 Å². The summed E-state index contributed by atoms with van der Waals surface area (Å²) in [4.78, 5) is 1.04. The first-order valence-corrected chi connectivity index (χ1v) is 6.91. The Labute approximate surface area is 116 Å². The molecule has 0 amide bonds. The van der Waals surface area contributed by atoms with Crippen LogP contribution in [-0.2, 0) is 13.6 Å². The second-order valence-electron chi connectivity index (χ2n) is 3.83. The summed E-state index contributed by atoms with van der Waals surface area (Å²) in [5, 5.41) is 12.8. The molecule has 0 aliphatic rings. The summed E-state index contributed by atoms with van der Waals surface area (Å²) >= 11 is 7.81. The Morgan fingerprint density at radius 2 is 2.28 bits per heavy atom. The molecule has 0 bridgehead atoms. The molecule has 0 unspecified atom stereocenters. The van der Waals surface area contributed by atoms with Crippen LogP contribution in [0.1, 0.15) is 12.5 Å². The zero-order chi connectivity index (χ0) is 13.0. The van der Waals surface area contributed by atoms with Crippen molar-refractivity contribution in [3.63, 3.8) is 0 Å². The van der Waals surface area contributed by atoms with E-state index in [2.05, 4.69) is 28.5 Å². The predicted molar refractivity (Wildman–Crippen MR) is 74.0 cm³/mol. The van der Waals surface area contributed by atoms with E-state index in [9.17, 15) is 0 Å². The van der Waals surface area contributed by atoms with Gasteiger partial charge in [-0.1, -0.05) is 30.7 Å². The lowest BCUT2D eigenvalue weighted by atomic mass is 10.2. The average Bonchev–Trinajstić information content (AvgIpc) is 2.76. The zero-order valence-corrected chi connectivity index (χ0v) is 11.9. The number of hydrogen-bond donors (Lipinski definition) is 1. The summed E-state index contributed by atoms with van der Waals surface area (Å²) in [5.74, 6) is 0. The molecule has 18 heavy (non-hydrogen) atoms. The number of halogens is 1. The van der Waals surface area contributed by atoms with Crippen molar-refractivity contribution >= 4 is 23.4 Å². The maximum absolute atomic E-state index is 6.27. The minimum atomic E-state index is 0.749. The highest BCUT2D eigenvalue weighted by Crippen LogP contribution is 2.34. The van der Waals surface area contributed by atoms with Gasteiger partial charge in [-0.25, -0.2) is 0 Å². The molecule has 0 aliphatic carbocycles. The molecule has 0 spiro atoms. The Kier molecular flexibility index (Phi) is 4.63. The topological polar surface area (TPSA) is 42.7 Å². The monoisotopic (exact) mass is 282 g/mol. The standard InChI is InChI=1S/C12H15ClN4S/c1-3-14-7-9-5-4-6-10(13)11(9)18-12-16-15-8-17(12)2/h4-6,8,14H,3,7H2,1-2H3. The van der Waals surface area contributed by atoms with Crippen molar-refractivity contribution in [1.82, 2.24) is 20.1 Å². The van der Waals surface area contributed by atoms with Crippen molar-refractivity contribution in [2.75, 3.05) is 6.54 Å². The molecule has 0 aliphatic heterocycles. The molecule has 0 saturated heterocycles. The van der Waals surface area contributed by atoms with E-state index in [0.29, 0.717) is 0 Å². The highest BCUT2D eigenvalue weighted by Gasteiger charge is 2.11. The van der Waals surface area contributed by atoms with Crippen LogP contribution in [0.5, 0.6) is 0 Å². The molecule has 0 saturated carbocycles. The second-order valence-corrected chi connectivity index (χ2v) is 5.22. The third kappa shape index (κ3) is 3.04. The van der Waals surface area contributed by atoms with Gasteiger partial charge in [-0.15, -0.1) is 10.2 Å². The molecule has 2 aromatic rings. The Morgan fingerprint density at radius 3 is 2.94 bits per heavy atom. The number of benzene rings is 1. The van der Waals surface area contributed by atoms with Gasteiger partial charge in [0.05, 0.1) is 5.02 Å². The fourth-order valence-electron chi connectivity index (χ4n) is 1.52. The zero-order valence-electron chi connectivity index (χ0n) is 10.4. The molecule has 2 rings (SSSR count). The van der Waals surface area contributed by atoms with Crippen LogP contribution in [0.3, 0.4) is 0 Å². The third-order valence-electron chi connectivity index (χ3n) is 2.48. The first-order chi connectivity index (χ1) is 8.72. The molecule has 6 heteroatoms. The molecular weight excluding hydrogens is 268 g/mol. The van der Waals surface area contributed by atoms with Crippen molar-refractivity contribution in [1.29, 1.82) is 0 Å². The fourth-order valence-corrected chi connectivity index (χ4v) is 2.73. The van der Waals surface area contributed by atoms with Crippen LogP contribution in [0.25, 0.3) is 0 Å². The Morgan fingerprint density at radius 1 is 1.44 bits per heavy atom. The van der Waals surface area contributed by atoms with Gasteiger partial charge < -0.3 is 9.88 Å². The van der Waals surface area contributed by atoms with Crippen LogP contribution in [0.2, 0.25) is 5.02 Å². The highest BCUT2D eigenvalue weighted by atomic mass is 35.5. The average molecular weight is 283 g/mol. The van der Waals surface area contributed by atoms with Crippen molar-refractivity contribution < 1.29 is 0 Å². The summed E-state index contributed by atoms with van der Waals surface area (Å²) < 4.78 is 1.88. The third-order valence-corrected chi connectivity index (χ3v) is 4.14. The summed E-state index contributed by atoms with van der Waals surface area (Å²) in [6, 6.07) is 5.94. The van der Waals surface area contributed by atoms with Crippen LogP contribution in [0.4, 0.5) is 0 Å². The molecular formula is C12H15ClN4S. The first kappa shape index (κ1) is 13.4. The van der Waals surface area contributed by atoms with E-state index in [1.165, 1.54) is 5.56 Å². The molecule has 1 N–H and O–H groups in total. The van der Waals surface area contributed by atoms with Crippen molar-refractivity contribution in [2.45, 2.75) is 23.5 Å². The maximum atomic E-state index is 6.27. The lowest BCUT2D eigenvalue weighted by Crippen LogP contribution is -2.12. The van der Waals surface area contributed by atoms with Crippen LogP contribution < -0.4 is 5.32 Å². The Balaban J connectivity index is 2.28. The van der Waals surface area contributed by atoms with E-state index >= 15 is 0 Å². The van der Waals surface area contributed by atoms with Crippen molar-refractivity contribution in [3.05, 3.63) is 35.1 Å². The van der Waals surface area contributed by atoms with E-state index in [1.54, 1.807) is 18.1 Å². The SMILES string of the molecule is CCNCc1cccc(Cl)c1Sc1nncn1C. The minimum absolute atomic E-state index is 0.749. The highest BCUT2D eigenvalue weighted by molar-refractivity contribution is 7.99. The van der Waals surface area contributed by atoms with Crippen molar-refractivity contribution in [3.8, 4) is 0 Å². The minimum Gasteiger partial charge on any atom is -0.313 e. The van der Waals surface area contributed by atoms with Crippen LogP contribution in [0, 0.1) is 0 Å². The van der Waals surface area contributed by atoms with E-state index in [0.717, 1.165) is 28.2 Å². The molecule has 0 radical (unpaired) electrons. The summed E-state index contributed by atoms with van der Waals surface area (Å²) in [5.41, 5.74) is 1.18. The van der Waals surface area contributed by atoms with Gasteiger partial charge in [-0.3, -0.25) is 0 Å². The number of aromatic nitrogens is 3. The normalized spacial score (nSPS) is 10.8. The largest absolute Gasteiger partial charge is 0.313 e. The van der Waals surface area contributed by atoms with Gasteiger partial charge in [0.2, 0.25) is 0 Å². The predicted octanol–water partition coefficient (Wildman–Crippen LogP) is 2.73. The quantitative estimate of drug-likeness (QED) is 0.916. The Hall–Kier alpha value is -1.04. The number of aryl methyl sites for hydroxylation is 1. The van der Waals surface area contributed by atoms with Gasteiger partial charge in [0.15, 0.2) is 5.16 Å². The van der Waals surface area contributed by atoms with Gasteiger partial charge in [-0.2, -0.15) is 0 Å². The number of rotatable bonds is 5. The van der Waals surface area contributed by atoms with Gasteiger partial charge in [0, 0.05) is 18.5 Å². The molecule has 0 atom stereocenters. The number of hydrogen-bond acceptors (Lipinski definition) is 4. The molecule has 96 valence electrons. The number of nitrogens with zero attached hydrogens (tertiary/aromatic N) is 3. The van der Waals surface area contributed by atoms with E-state index in [-0.39, 0.29) is 0 Å². The van der Waals surface area contributed by atoms with E-state index in [4.69, 9.17) is 11.6 Å². The van der Waals surface area contributed by atoms with E-state index in [1.807, 2.05) is 23.7 Å². The lowest BCUT2D eigenvalue weighted by Gasteiger charge is -2.10. The number of nitrogens with one attached hydrogen (secondary N) is 1. The van der Waals surface area contributed by atoms with Gasteiger partial charge >= 0.3 is 0 Å². The summed E-state index contributed by atoms with van der Waals surface area (Å²) in [6.45, 7) is 3.82. The summed E-state index contributed by atoms with van der Waals surface area (Å²) in [6.07, 6.45) is 1.68. The molecule has 1 heterocycles. The Bertz CT molecular complexity index is 527. The van der Waals surface area contributed by atoms with Crippen molar-refractivity contribution in [2.24, 2.45) is 7.05 Å². The first-order valence-electron chi connectivity index (χ1n) is 5.72. The van der Waals surface area contributed by atoms with Gasteiger partial charge in [0.25, 0.3) is 0 Å².